The highest BCUT2D eigenvalue weighted by atomic mass is 19.1. The van der Waals surface area contributed by atoms with Crippen molar-refractivity contribution in [3.63, 3.8) is 0 Å². The number of hydrogen-bond donors (Lipinski definition) is 1. The Morgan fingerprint density at radius 1 is 1.12 bits per heavy atom. The number of benzene rings is 2. The molecule has 4 nitrogen and oxygen atoms in total. The standard InChI is InChI=1S/C21H23FN2O2/c1-25-16-4-6-17(7-5-16)26-12-2-11-24-20-8-3-15(22)13-18(20)19-14-23-10-9-21(19)24/h3-8,13,23H,2,9-12,14H2,1H3. The van der Waals surface area contributed by atoms with E-state index in [0.717, 1.165) is 54.9 Å². The highest BCUT2D eigenvalue weighted by Gasteiger charge is 2.19. The lowest BCUT2D eigenvalue weighted by molar-refractivity contribution is 0.301. The number of nitrogens with one attached hydrogen (secondary N) is 1. The van der Waals surface area contributed by atoms with Crippen molar-refractivity contribution in [1.82, 2.24) is 9.88 Å². The van der Waals surface area contributed by atoms with Crippen LogP contribution < -0.4 is 14.8 Å². The van der Waals surface area contributed by atoms with Gasteiger partial charge in [0.1, 0.15) is 17.3 Å². The van der Waals surface area contributed by atoms with Gasteiger partial charge in [-0.15, -0.1) is 0 Å². The zero-order valence-electron chi connectivity index (χ0n) is 14.9. The van der Waals surface area contributed by atoms with Crippen LogP contribution in [0.1, 0.15) is 17.7 Å². The first-order valence-corrected chi connectivity index (χ1v) is 9.03. The molecule has 0 fully saturated rings. The number of hydrogen-bond acceptors (Lipinski definition) is 3. The molecule has 4 rings (SSSR count). The minimum atomic E-state index is -0.175. The van der Waals surface area contributed by atoms with Gasteiger partial charge in [0.15, 0.2) is 0 Å². The fourth-order valence-corrected chi connectivity index (χ4v) is 3.69. The van der Waals surface area contributed by atoms with Crippen LogP contribution in [0.25, 0.3) is 10.9 Å². The number of ether oxygens (including phenoxy) is 2. The minimum absolute atomic E-state index is 0.175. The molecule has 2 aromatic carbocycles. The van der Waals surface area contributed by atoms with E-state index in [-0.39, 0.29) is 5.82 Å². The molecule has 0 unspecified atom stereocenters. The lowest BCUT2D eigenvalue weighted by atomic mass is 10.1. The van der Waals surface area contributed by atoms with Crippen molar-refractivity contribution in [2.75, 3.05) is 20.3 Å². The van der Waals surface area contributed by atoms with E-state index < -0.39 is 0 Å². The third-order valence-corrected chi connectivity index (χ3v) is 4.94. The van der Waals surface area contributed by atoms with Crippen LogP contribution in [-0.4, -0.2) is 24.8 Å². The molecule has 1 aliphatic rings. The second-order valence-electron chi connectivity index (χ2n) is 6.54. The smallest absolute Gasteiger partial charge is 0.123 e. The predicted octanol–water partition coefficient (Wildman–Crippen LogP) is 3.90. The molecule has 26 heavy (non-hydrogen) atoms. The van der Waals surface area contributed by atoms with Crippen molar-refractivity contribution in [2.45, 2.75) is 25.9 Å². The third kappa shape index (κ3) is 3.27. The van der Waals surface area contributed by atoms with Crippen LogP contribution in [0, 0.1) is 5.82 Å². The first-order valence-electron chi connectivity index (χ1n) is 9.03. The molecule has 1 aliphatic heterocycles. The second kappa shape index (κ2) is 7.38. The predicted molar refractivity (Wildman–Crippen MR) is 100 cm³/mol. The maximum Gasteiger partial charge on any atom is 0.123 e. The van der Waals surface area contributed by atoms with Gasteiger partial charge in [-0.1, -0.05) is 0 Å². The Balaban J connectivity index is 1.47. The van der Waals surface area contributed by atoms with Gasteiger partial charge in [0, 0.05) is 42.7 Å². The normalized spacial score (nSPS) is 13.6. The van der Waals surface area contributed by atoms with Crippen molar-refractivity contribution in [3.8, 4) is 11.5 Å². The van der Waals surface area contributed by atoms with Gasteiger partial charge in [-0.3, -0.25) is 0 Å². The van der Waals surface area contributed by atoms with Gasteiger partial charge in [-0.2, -0.15) is 0 Å². The lowest BCUT2D eigenvalue weighted by Gasteiger charge is -2.17. The fourth-order valence-electron chi connectivity index (χ4n) is 3.69. The zero-order chi connectivity index (χ0) is 17.9. The molecule has 0 spiro atoms. The van der Waals surface area contributed by atoms with Gasteiger partial charge < -0.3 is 19.4 Å². The lowest BCUT2D eigenvalue weighted by Crippen LogP contribution is -2.24. The summed E-state index contributed by atoms with van der Waals surface area (Å²) in [6, 6.07) is 12.7. The number of nitrogens with zero attached hydrogens (tertiary/aromatic N) is 1. The van der Waals surface area contributed by atoms with Gasteiger partial charge in [0.05, 0.1) is 13.7 Å². The summed E-state index contributed by atoms with van der Waals surface area (Å²) in [6.45, 7) is 3.28. The number of aromatic nitrogens is 1. The summed E-state index contributed by atoms with van der Waals surface area (Å²) in [4.78, 5) is 0. The van der Waals surface area contributed by atoms with Gasteiger partial charge >= 0.3 is 0 Å². The van der Waals surface area contributed by atoms with E-state index in [9.17, 15) is 4.39 Å². The summed E-state index contributed by atoms with van der Waals surface area (Å²) >= 11 is 0. The Labute approximate surface area is 152 Å². The number of methoxy groups -OCH3 is 1. The van der Waals surface area contributed by atoms with Gasteiger partial charge in [-0.25, -0.2) is 4.39 Å². The minimum Gasteiger partial charge on any atom is -0.497 e. The Bertz CT molecular complexity index is 903. The van der Waals surface area contributed by atoms with Crippen LogP contribution in [0.3, 0.4) is 0 Å². The maximum atomic E-state index is 13.7. The Morgan fingerprint density at radius 3 is 2.73 bits per heavy atom. The molecule has 5 heteroatoms. The summed E-state index contributed by atoms with van der Waals surface area (Å²) in [5, 5.41) is 4.42. The van der Waals surface area contributed by atoms with Crippen LogP contribution in [0.15, 0.2) is 42.5 Å². The Hall–Kier alpha value is -2.53. The maximum absolute atomic E-state index is 13.7. The molecule has 0 saturated carbocycles. The van der Waals surface area contributed by atoms with E-state index in [4.69, 9.17) is 9.47 Å². The van der Waals surface area contributed by atoms with Crippen molar-refractivity contribution in [1.29, 1.82) is 0 Å². The van der Waals surface area contributed by atoms with E-state index in [1.165, 1.54) is 11.3 Å². The highest BCUT2D eigenvalue weighted by Crippen LogP contribution is 2.29. The van der Waals surface area contributed by atoms with Crippen LogP contribution in [0.2, 0.25) is 0 Å². The average molecular weight is 354 g/mol. The molecular formula is C21H23FN2O2. The SMILES string of the molecule is COc1ccc(OCCCn2c3c(c4cc(F)ccc42)CNCC3)cc1. The molecule has 0 saturated heterocycles. The molecule has 0 bridgehead atoms. The number of aryl methyl sites for hydroxylation is 1. The molecule has 1 aromatic heterocycles. The quantitative estimate of drug-likeness (QED) is 0.682. The molecule has 0 aliphatic carbocycles. The number of halogens is 1. The number of fused-ring (bicyclic) bond motifs is 3. The summed E-state index contributed by atoms with van der Waals surface area (Å²) in [5.74, 6) is 1.49. The van der Waals surface area contributed by atoms with E-state index in [1.54, 1.807) is 19.2 Å². The first-order chi connectivity index (χ1) is 12.8. The van der Waals surface area contributed by atoms with E-state index in [1.807, 2.05) is 30.3 Å². The summed E-state index contributed by atoms with van der Waals surface area (Å²) in [7, 11) is 1.65. The molecule has 136 valence electrons. The second-order valence-corrected chi connectivity index (χ2v) is 6.54. The van der Waals surface area contributed by atoms with Gasteiger partial charge in [0.25, 0.3) is 0 Å². The summed E-state index contributed by atoms with van der Waals surface area (Å²) in [5.41, 5.74) is 3.68. The van der Waals surface area contributed by atoms with Gasteiger partial charge in [0.2, 0.25) is 0 Å². The van der Waals surface area contributed by atoms with Crippen LogP contribution in [0.5, 0.6) is 11.5 Å². The summed E-state index contributed by atoms with van der Waals surface area (Å²) in [6.07, 6.45) is 1.87. The van der Waals surface area contributed by atoms with Crippen molar-refractivity contribution < 1.29 is 13.9 Å². The molecule has 3 aromatic rings. The van der Waals surface area contributed by atoms with Crippen LogP contribution >= 0.6 is 0 Å². The number of rotatable bonds is 6. The largest absolute Gasteiger partial charge is 0.497 e. The van der Waals surface area contributed by atoms with Crippen molar-refractivity contribution in [2.24, 2.45) is 0 Å². The summed E-state index contributed by atoms with van der Waals surface area (Å²) < 4.78 is 27.0. The molecular weight excluding hydrogens is 331 g/mol. The topological polar surface area (TPSA) is 35.4 Å². The van der Waals surface area contributed by atoms with E-state index in [0.29, 0.717) is 6.61 Å². The van der Waals surface area contributed by atoms with E-state index >= 15 is 0 Å². The first kappa shape index (κ1) is 16.9. The van der Waals surface area contributed by atoms with Crippen LogP contribution in [-0.2, 0) is 19.5 Å². The average Bonchev–Trinajstić information content (AvgIpc) is 2.99. The molecule has 0 atom stereocenters. The molecule has 1 N–H and O–H groups in total. The molecule has 0 amide bonds. The van der Waals surface area contributed by atoms with E-state index in [2.05, 4.69) is 9.88 Å². The van der Waals surface area contributed by atoms with Crippen molar-refractivity contribution >= 4 is 10.9 Å². The third-order valence-electron chi connectivity index (χ3n) is 4.94. The Kier molecular flexibility index (Phi) is 4.80. The van der Waals surface area contributed by atoms with Crippen molar-refractivity contribution in [3.05, 3.63) is 59.5 Å². The van der Waals surface area contributed by atoms with Crippen LogP contribution in [0.4, 0.5) is 4.39 Å². The monoisotopic (exact) mass is 354 g/mol. The molecule has 2 heterocycles. The van der Waals surface area contributed by atoms with Gasteiger partial charge in [-0.05, 0) is 54.4 Å². The fraction of sp³-hybridized carbons (Fsp3) is 0.333. The highest BCUT2D eigenvalue weighted by molar-refractivity contribution is 5.86. The molecule has 0 radical (unpaired) electrons. The Morgan fingerprint density at radius 2 is 1.92 bits per heavy atom. The zero-order valence-corrected chi connectivity index (χ0v) is 14.9.